The van der Waals surface area contributed by atoms with Gasteiger partial charge >= 0.3 is 5.63 Å². The van der Waals surface area contributed by atoms with Gasteiger partial charge in [0.05, 0.1) is 0 Å². The second kappa shape index (κ2) is 4.31. The van der Waals surface area contributed by atoms with Crippen LogP contribution < -0.4 is 5.63 Å². The van der Waals surface area contributed by atoms with Crippen molar-refractivity contribution in [1.29, 1.82) is 0 Å². The molecule has 4 aromatic rings. The fourth-order valence-corrected chi connectivity index (χ4v) is 2.44. The SMILES string of the molecule is Cc1cc(=O)oc2cc3oc(-c4ccccc4)nc3cc12. The number of aromatic nitrogens is 1. The van der Waals surface area contributed by atoms with Crippen molar-refractivity contribution in [3.8, 4) is 11.5 Å². The Labute approximate surface area is 119 Å². The van der Waals surface area contributed by atoms with E-state index in [1.807, 2.05) is 43.3 Å². The zero-order valence-corrected chi connectivity index (χ0v) is 11.3. The van der Waals surface area contributed by atoms with Crippen LogP contribution in [0.5, 0.6) is 0 Å². The van der Waals surface area contributed by atoms with E-state index in [0.29, 0.717) is 17.1 Å². The number of rotatable bonds is 1. The van der Waals surface area contributed by atoms with E-state index >= 15 is 0 Å². The summed E-state index contributed by atoms with van der Waals surface area (Å²) < 4.78 is 11.0. The van der Waals surface area contributed by atoms with Crippen LogP contribution in [0.4, 0.5) is 0 Å². The lowest BCUT2D eigenvalue weighted by Crippen LogP contribution is -1.97. The van der Waals surface area contributed by atoms with Crippen LogP contribution in [0, 0.1) is 6.92 Å². The third-order valence-corrected chi connectivity index (χ3v) is 3.48. The predicted molar refractivity (Wildman–Crippen MR) is 80.2 cm³/mol. The molecule has 0 radical (unpaired) electrons. The molecule has 4 heteroatoms. The second-order valence-electron chi connectivity index (χ2n) is 4.95. The van der Waals surface area contributed by atoms with E-state index in [0.717, 1.165) is 22.0 Å². The first kappa shape index (κ1) is 11.9. The molecular formula is C17H11NO3. The Kier molecular flexibility index (Phi) is 2.44. The van der Waals surface area contributed by atoms with Gasteiger partial charge in [0.15, 0.2) is 5.58 Å². The van der Waals surface area contributed by atoms with E-state index in [1.165, 1.54) is 6.07 Å². The lowest BCUT2D eigenvalue weighted by atomic mass is 10.1. The topological polar surface area (TPSA) is 56.2 Å². The van der Waals surface area contributed by atoms with Crippen LogP contribution in [0.25, 0.3) is 33.5 Å². The fourth-order valence-electron chi connectivity index (χ4n) is 2.44. The summed E-state index contributed by atoms with van der Waals surface area (Å²) in [5.41, 5.74) is 3.29. The normalized spacial score (nSPS) is 11.3. The van der Waals surface area contributed by atoms with Gasteiger partial charge in [0.1, 0.15) is 11.1 Å². The molecule has 0 bridgehead atoms. The van der Waals surface area contributed by atoms with E-state index in [1.54, 1.807) is 6.07 Å². The van der Waals surface area contributed by atoms with E-state index in [4.69, 9.17) is 8.83 Å². The van der Waals surface area contributed by atoms with Crippen LogP contribution in [-0.4, -0.2) is 4.98 Å². The van der Waals surface area contributed by atoms with Gasteiger partial charge in [0, 0.05) is 23.1 Å². The number of fused-ring (bicyclic) bond motifs is 2. The maximum absolute atomic E-state index is 11.5. The third-order valence-electron chi connectivity index (χ3n) is 3.48. The quantitative estimate of drug-likeness (QED) is 0.495. The zero-order valence-electron chi connectivity index (χ0n) is 11.3. The molecule has 0 saturated heterocycles. The van der Waals surface area contributed by atoms with Gasteiger partial charge in [-0.3, -0.25) is 0 Å². The van der Waals surface area contributed by atoms with Crippen LogP contribution >= 0.6 is 0 Å². The zero-order chi connectivity index (χ0) is 14.4. The minimum atomic E-state index is -0.359. The first-order chi connectivity index (χ1) is 10.2. The molecule has 2 aromatic carbocycles. The maximum atomic E-state index is 11.5. The lowest BCUT2D eigenvalue weighted by Gasteiger charge is -1.98. The Bertz CT molecular complexity index is 1010. The number of nitrogens with zero attached hydrogens (tertiary/aromatic N) is 1. The van der Waals surface area contributed by atoms with Crippen LogP contribution in [-0.2, 0) is 0 Å². The number of aryl methyl sites for hydroxylation is 1. The van der Waals surface area contributed by atoms with Gasteiger partial charge in [0.25, 0.3) is 0 Å². The van der Waals surface area contributed by atoms with Crippen molar-refractivity contribution >= 4 is 22.1 Å². The van der Waals surface area contributed by atoms with Crippen molar-refractivity contribution < 1.29 is 8.83 Å². The molecule has 0 N–H and O–H groups in total. The molecule has 2 aromatic heterocycles. The first-order valence-corrected chi connectivity index (χ1v) is 6.61. The third kappa shape index (κ3) is 1.92. The van der Waals surface area contributed by atoms with Crippen molar-refractivity contribution in [1.82, 2.24) is 4.98 Å². The van der Waals surface area contributed by atoms with Crippen molar-refractivity contribution in [3.63, 3.8) is 0 Å². The Morgan fingerprint density at radius 3 is 2.57 bits per heavy atom. The summed E-state index contributed by atoms with van der Waals surface area (Å²) in [7, 11) is 0. The van der Waals surface area contributed by atoms with Gasteiger partial charge in [-0.05, 0) is 30.7 Å². The summed E-state index contributed by atoms with van der Waals surface area (Å²) in [5.74, 6) is 0.556. The van der Waals surface area contributed by atoms with E-state index in [2.05, 4.69) is 4.98 Å². The highest BCUT2D eigenvalue weighted by molar-refractivity contribution is 5.93. The summed E-state index contributed by atoms with van der Waals surface area (Å²) in [6.07, 6.45) is 0. The number of hydrogen-bond acceptors (Lipinski definition) is 4. The molecule has 4 nitrogen and oxygen atoms in total. The molecule has 0 aliphatic heterocycles. The van der Waals surface area contributed by atoms with Gasteiger partial charge in [0.2, 0.25) is 5.89 Å². The lowest BCUT2D eigenvalue weighted by molar-refractivity contribution is 0.558. The molecule has 0 fully saturated rings. The monoisotopic (exact) mass is 277 g/mol. The average Bonchev–Trinajstić information content (AvgIpc) is 2.89. The molecule has 0 atom stereocenters. The standard InChI is InChI=1S/C17H11NO3/c1-10-7-16(19)20-14-9-15-13(8-12(10)14)18-17(21-15)11-5-3-2-4-6-11/h2-9H,1H3. The van der Waals surface area contributed by atoms with Gasteiger partial charge in [-0.1, -0.05) is 18.2 Å². The average molecular weight is 277 g/mol. The minimum Gasteiger partial charge on any atom is -0.436 e. The molecular weight excluding hydrogens is 266 g/mol. The molecule has 0 amide bonds. The summed E-state index contributed by atoms with van der Waals surface area (Å²) >= 11 is 0. The van der Waals surface area contributed by atoms with Gasteiger partial charge in [-0.15, -0.1) is 0 Å². The second-order valence-corrected chi connectivity index (χ2v) is 4.95. The molecule has 21 heavy (non-hydrogen) atoms. The molecule has 0 aliphatic carbocycles. The summed E-state index contributed by atoms with van der Waals surface area (Å²) in [6.45, 7) is 1.88. The highest BCUT2D eigenvalue weighted by Crippen LogP contribution is 2.28. The van der Waals surface area contributed by atoms with Crippen LogP contribution in [0.15, 0.2) is 62.2 Å². The van der Waals surface area contributed by atoms with Crippen LogP contribution in [0.1, 0.15) is 5.56 Å². The Morgan fingerprint density at radius 1 is 0.952 bits per heavy atom. The molecule has 4 rings (SSSR count). The highest BCUT2D eigenvalue weighted by Gasteiger charge is 2.11. The fraction of sp³-hybridized carbons (Fsp3) is 0.0588. The smallest absolute Gasteiger partial charge is 0.336 e. The van der Waals surface area contributed by atoms with Crippen molar-refractivity contribution in [2.45, 2.75) is 6.92 Å². The summed E-state index contributed by atoms with van der Waals surface area (Å²) in [4.78, 5) is 16.0. The summed E-state index contributed by atoms with van der Waals surface area (Å²) in [6, 6.07) is 14.8. The Hall–Kier alpha value is -2.88. The van der Waals surface area contributed by atoms with E-state index in [9.17, 15) is 4.79 Å². The predicted octanol–water partition coefficient (Wildman–Crippen LogP) is 3.91. The van der Waals surface area contributed by atoms with Gasteiger partial charge in [-0.2, -0.15) is 0 Å². The number of benzene rings is 2. The van der Waals surface area contributed by atoms with E-state index < -0.39 is 0 Å². The van der Waals surface area contributed by atoms with Crippen molar-refractivity contribution in [3.05, 3.63) is 64.5 Å². The molecule has 2 heterocycles. The number of hydrogen-bond donors (Lipinski definition) is 0. The minimum absolute atomic E-state index is 0.359. The molecule has 0 unspecified atom stereocenters. The molecule has 102 valence electrons. The maximum Gasteiger partial charge on any atom is 0.336 e. The highest BCUT2D eigenvalue weighted by atomic mass is 16.4. The van der Waals surface area contributed by atoms with Crippen LogP contribution in [0.3, 0.4) is 0 Å². The van der Waals surface area contributed by atoms with Gasteiger partial charge < -0.3 is 8.83 Å². The van der Waals surface area contributed by atoms with Gasteiger partial charge in [-0.25, -0.2) is 9.78 Å². The molecule has 0 spiro atoms. The van der Waals surface area contributed by atoms with Crippen molar-refractivity contribution in [2.75, 3.05) is 0 Å². The van der Waals surface area contributed by atoms with Crippen molar-refractivity contribution in [2.24, 2.45) is 0 Å². The van der Waals surface area contributed by atoms with E-state index in [-0.39, 0.29) is 5.63 Å². The number of oxazole rings is 1. The molecule has 0 aliphatic rings. The molecule has 0 saturated carbocycles. The Balaban J connectivity index is 2.02. The largest absolute Gasteiger partial charge is 0.436 e. The Morgan fingerprint density at radius 2 is 1.76 bits per heavy atom. The summed E-state index contributed by atoms with van der Waals surface area (Å²) in [5, 5.41) is 0.870. The van der Waals surface area contributed by atoms with Crippen LogP contribution in [0.2, 0.25) is 0 Å². The first-order valence-electron chi connectivity index (χ1n) is 6.61.